The zero-order chi connectivity index (χ0) is 9.07. The maximum Gasteiger partial charge on any atom is 0.229 e. The first-order chi connectivity index (χ1) is 4.90. The largest absolute Gasteiger partial charge is 0.395 e. The molecule has 2 N–H and O–H groups in total. The summed E-state index contributed by atoms with van der Waals surface area (Å²) in [5.41, 5.74) is 0. The molecule has 6 heteroatoms. The third-order valence-corrected chi connectivity index (χ3v) is 2.92. The van der Waals surface area contributed by atoms with Crippen molar-refractivity contribution in [2.75, 3.05) is 20.7 Å². The molecular weight excluding hydrogens is 168 g/mol. The molecule has 0 aromatic heterocycles. The number of nitrogens with zero attached hydrogens (tertiary/aromatic N) is 1. The molecule has 0 radical (unpaired) electrons. The molecule has 0 aliphatic rings. The number of rotatable bonds is 4. The second-order valence-electron chi connectivity index (χ2n) is 2.52. The van der Waals surface area contributed by atoms with E-state index in [4.69, 9.17) is 5.11 Å². The SMILES string of the molecule is CC(CO)S(=O)(=O)NN(C)C. The van der Waals surface area contributed by atoms with E-state index in [1.165, 1.54) is 11.9 Å². The van der Waals surface area contributed by atoms with Crippen molar-refractivity contribution in [1.29, 1.82) is 0 Å². The minimum atomic E-state index is -3.38. The number of hydrogen-bond donors (Lipinski definition) is 2. The van der Waals surface area contributed by atoms with Crippen molar-refractivity contribution in [3.63, 3.8) is 0 Å². The number of sulfonamides is 1. The summed E-state index contributed by atoms with van der Waals surface area (Å²) < 4.78 is 22.1. The predicted octanol–water partition coefficient (Wildman–Crippen LogP) is -1.24. The molecule has 0 fully saturated rings. The fourth-order valence-electron chi connectivity index (χ4n) is 0.443. The monoisotopic (exact) mass is 182 g/mol. The molecule has 0 aromatic rings. The average Bonchev–Trinajstić information content (AvgIpc) is 1.83. The first kappa shape index (κ1) is 10.8. The number of hydrazine groups is 1. The standard InChI is InChI=1S/C5H14N2O3S/c1-5(4-8)11(9,10)6-7(2)3/h5-6,8H,4H2,1-3H3. The lowest BCUT2D eigenvalue weighted by atomic mass is 10.5. The Labute approximate surface area is 67.0 Å². The lowest BCUT2D eigenvalue weighted by molar-refractivity contribution is 0.289. The lowest BCUT2D eigenvalue weighted by Gasteiger charge is -2.15. The van der Waals surface area contributed by atoms with Gasteiger partial charge in [0.1, 0.15) is 0 Å². The lowest BCUT2D eigenvalue weighted by Crippen LogP contribution is -2.42. The number of aliphatic hydroxyl groups is 1. The van der Waals surface area contributed by atoms with E-state index in [1.807, 2.05) is 0 Å². The second-order valence-corrected chi connectivity index (χ2v) is 4.60. The maximum atomic E-state index is 11.1. The van der Waals surface area contributed by atoms with Gasteiger partial charge < -0.3 is 5.11 Å². The molecule has 0 heterocycles. The van der Waals surface area contributed by atoms with Crippen LogP contribution in [0.1, 0.15) is 6.92 Å². The highest BCUT2D eigenvalue weighted by atomic mass is 32.2. The molecule has 0 saturated heterocycles. The number of nitrogens with one attached hydrogen (secondary N) is 1. The molecule has 1 unspecified atom stereocenters. The number of aliphatic hydroxyl groups excluding tert-OH is 1. The zero-order valence-corrected chi connectivity index (χ0v) is 7.72. The van der Waals surface area contributed by atoms with Crippen molar-refractivity contribution in [2.24, 2.45) is 0 Å². The predicted molar refractivity (Wildman–Crippen MR) is 42.3 cm³/mol. The highest BCUT2D eigenvalue weighted by molar-refractivity contribution is 7.90. The summed E-state index contributed by atoms with van der Waals surface area (Å²) in [5, 5.41) is 9.09. The number of hydrogen-bond acceptors (Lipinski definition) is 4. The third kappa shape index (κ3) is 3.66. The summed E-state index contributed by atoms with van der Waals surface area (Å²) in [6, 6.07) is 0. The van der Waals surface area contributed by atoms with Crippen molar-refractivity contribution >= 4 is 10.0 Å². The van der Waals surface area contributed by atoms with E-state index in [0.717, 1.165) is 0 Å². The van der Waals surface area contributed by atoms with Crippen LogP contribution in [0.2, 0.25) is 0 Å². The van der Waals surface area contributed by atoms with Crippen LogP contribution in [0.5, 0.6) is 0 Å². The Morgan fingerprint density at radius 3 is 2.27 bits per heavy atom. The Kier molecular flexibility index (Phi) is 3.95. The molecule has 11 heavy (non-hydrogen) atoms. The molecule has 0 aliphatic carbocycles. The minimum Gasteiger partial charge on any atom is -0.395 e. The van der Waals surface area contributed by atoms with Gasteiger partial charge in [0.15, 0.2) is 0 Å². The van der Waals surface area contributed by atoms with E-state index in [2.05, 4.69) is 4.83 Å². The van der Waals surface area contributed by atoms with E-state index >= 15 is 0 Å². The molecule has 0 aromatic carbocycles. The maximum absolute atomic E-state index is 11.1. The van der Waals surface area contributed by atoms with E-state index < -0.39 is 15.3 Å². The summed E-state index contributed by atoms with van der Waals surface area (Å²) in [4.78, 5) is 2.22. The third-order valence-electron chi connectivity index (χ3n) is 1.10. The van der Waals surface area contributed by atoms with Gasteiger partial charge in [0.2, 0.25) is 10.0 Å². The van der Waals surface area contributed by atoms with Crippen molar-refractivity contribution in [2.45, 2.75) is 12.2 Å². The molecule has 5 nitrogen and oxygen atoms in total. The molecule has 0 saturated carbocycles. The van der Waals surface area contributed by atoms with Crippen LogP contribution in [0.25, 0.3) is 0 Å². The van der Waals surface area contributed by atoms with Crippen LogP contribution in [0.15, 0.2) is 0 Å². The summed E-state index contributed by atoms with van der Waals surface area (Å²) >= 11 is 0. The summed E-state index contributed by atoms with van der Waals surface area (Å²) in [5.74, 6) is 0. The quantitative estimate of drug-likeness (QED) is 0.534. The average molecular weight is 182 g/mol. The van der Waals surface area contributed by atoms with Gasteiger partial charge in [0.25, 0.3) is 0 Å². The molecule has 0 bridgehead atoms. The molecule has 0 amide bonds. The van der Waals surface area contributed by atoms with Gasteiger partial charge in [-0.25, -0.2) is 13.4 Å². The van der Waals surface area contributed by atoms with Crippen LogP contribution in [0.4, 0.5) is 0 Å². The highest BCUT2D eigenvalue weighted by Crippen LogP contribution is 1.95. The normalized spacial score (nSPS) is 15.4. The smallest absolute Gasteiger partial charge is 0.229 e. The van der Waals surface area contributed by atoms with E-state index in [1.54, 1.807) is 14.1 Å². The first-order valence-corrected chi connectivity index (χ1v) is 4.74. The molecule has 0 aliphatic heterocycles. The van der Waals surface area contributed by atoms with Gasteiger partial charge in [-0.05, 0) is 6.92 Å². The Morgan fingerprint density at radius 2 is 2.00 bits per heavy atom. The molecular formula is C5H14N2O3S. The Bertz CT molecular complexity index is 200. The van der Waals surface area contributed by atoms with Crippen LogP contribution >= 0.6 is 0 Å². The van der Waals surface area contributed by atoms with Crippen LogP contribution in [0, 0.1) is 0 Å². The second kappa shape index (κ2) is 4.01. The van der Waals surface area contributed by atoms with Crippen molar-refractivity contribution in [3.05, 3.63) is 0 Å². The summed E-state index contributed by atoms with van der Waals surface area (Å²) in [6.45, 7) is 1.06. The zero-order valence-electron chi connectivity index (χ0n) is 6.90. The van der Waals surface area contributed by atoms with Gasteiger partial charge in [0.05, 0.1) is 11.9 Å². The Balaban J connectivity index is 4.23. The van der Waals surface area contributed by atoms with Gasteiger partial charge >= 0.3 is 0 Å². The topological polar surface area (TPSA) is 69.6 Å². The van der Waals surface area contributed by atoms with Gasteiger partial charge in [-0.2, -0.15) is 0 Å². The van der Waals surface area contributed by atoms with Gasteiger partial charge in [-0.3, -0.25) is 0 Å². The van der Waals surface area contributed by atoms with Gasteiger partial charge in [-0.15, -0.1) is 4.83 Å². The Morgan fingerprint density at radius 1 is 1.55 bits per heavy atom. The fourth-order valence-corrected chi connectivity index (χ4v) is 1.33. The summed E-state index contributed by atoms with van der Waals surface area (Å²) in [6.07, 6.45) is 0. The van der Waals surface area contributed by atoms with E-state index in [0.29, 0.717) is 0 Å². The molecule has 0 rings (SSSR count). The fraction of sp³-hybridized carbons (Fsp3) is 1.00. The van der Waals surface area contributed by atoms with Gasteiger partial charge in [-0.1, -0.05) is 0 Å². The Hall–Kier alpha value is -0.170. The van der Waals surface area contributed by atoms with Crippen molar-refractivity contribution in [3.8, 4) is 0 Å². The van der Waals surface area contributed by atoms with Crippen molar-refractivity contribution in [1.82, 2.24) is 9.84 Å². The van der Waals surface area contributed by atoms with Crippen LogP contribution < -0.4 is 4.83 Å². The molecule has 0 spiro atoms. The van der Waals surface area contributed by atoms with Crippen LogP contribution in [0.3, 0.4) is 0 Å². The molecule has 68 valence electrons. The van der Waals surface area contributed by atoms with Crippen molar-refractivity contribution < 1.29 is 13.5 Å². The van der Waals surface area contributed by atoms with Gasteiger partial charge in [0, 0.05) is 14.1 Å². The minimum absolute atomic E-state index is 0.372. The summed E-state index contributed by atoms with van der Waals surface area (Å²) in [7, 11) is -0.242. The van der Waals surface area contributed by atoms with Crippen LogP contribution in [-0.4, -0.2) is 44.5 Å². The van der Waals surface area contributed by atoms with E-state index in [9.17, 15) is 8.42 Å². The van der Waals surface area contributed by atoms with Crippen LogP contribution in [-0.2, 0) is 10.0 Å². The first-order valence-electron chi connectivity index (χ1n) is 3.19. The highest BCUT2D eigenvalue weighted by Gasteiger charge is 2.19. The van der Waals surface area contributed by atoms with E-state index in [-0.39, 0.29) is 6.61 Å². The molecule has 1 atom stereocenters.